The van der Waals surface area contributed by atoms with E-state index in [9.17, 15) is 9.59 Å². The molecule has 1 heterocycles. The molecule has 1 aromatic heterocycles. The maximum absolute atomic E-state index is 11.7. The van der Waals surface area contributed by atoms with E-state index in [0.717, 1.165) is 31.4 Å². The summed E-state index contributed by atoms with van der Waals surface area (Å²) in [5, 5.41) is 5.85. The molecular formula is C17H25N3O2. The molecule has 0 spiro atoms. The van der Waals surface area contributed by atoms with Crippen LogP contribution in [0.3, 0.4) is 0 Å². The molecule has 120 valence electrons. The number of carbonyl (C=O) groups excluding carboxylic acids is 2. The summed E-state index contributed by atoms with van der Waals surface area (Å²) in [5.74, 6) is -0.0573. The van der Waals surface area contributed by atoms with Gasteiger partial charge in [0, 0.05) is 37.3 Å². The number of aryl methyl sites for hydroxylation is 1. The summed E-state index contributed by atoms with van der Waals surface area (Å²) < 4.78 is 0. The third-order valence-corrected chi connectivity index (χ3v) is 3.96. The van der Waals surface area contributed by atoms with Crippen LogP contribution in [0.4, 0.5) is 0 Å². The second-order valence-corrected chi connectivity index (χ2v) is 5.82. The van der Waals surface area contributed by atoms with Crippen molar-refractivity contribution in [3.63, 3.8) is 0 Å². The molecule has 0 aliphatic heterocycles. The van der Waals surface area contributed by atoms with Gasteiger partial charge in [-0.2, -0.15) is 0 Å². The van der Waals surface area contributed by atoms with Crippen molar-refractivity contribution in [2.24, 2.45) is 0 Å². The summed E-state index contributed by atoms with van der Waals surface area (Å²) in [5.41, 5.74) is 1.03. The molecule has 1 aromatic rings. The molecule has 0 unspecified atom stereocenters. The molecule has 2 rings (SSSR count). The van der Waals surface area contributed by atoms with E-state index in [4.69, 9.17) is 0 Å². The Kier molecular flexibility index (Phi) is 6.87. The first-order chi connectivity index (χ1) is 10.7. The van der Waals surface area contributed by atoms with Crippen LogP contribution in [0.15, 0.2) is 24.4 Å². The normalized spacial score (nSPS) is 14.7. The van der Waals surface area contributed by atoms with Crippen LogP contribution in [-0.2, 0) is 16.0 Å². The van der Waals surface area contributed by atoms with Gasteiger partial charge >= 0.3 is 0 Å². The van der Waals surface area contributed by atoms with Gasteiger partial charge in [-0.05, 0) is 37.8 Å². The van der Waals surface area contributed by atoms with Crippen molar-refractivity contribution in [2.75, 3.05) is 6.54 Å². The number of nitrogens with one attached hydrogen (secondary N) is 2. The largest absolute Gasteiger partial charge is 0.356 e. The standard InChI is InChI=1S/C17H25N3O2/c21-16(10-11-17(22)20-15-7-1-2-8-15)19-13-5-9-14-6-3-4-12-18-14/h3-4,6,12,15H,1-2,5,7-11,13H2,(H,19,21)(H,20,22). The second kappa shape index (κ2) is 9.18. The fourth-order valence-corrected chi connectivity index (χ4v) is 2.73. The van der Waals surface area contributed by atoms with E-state index in [2.05, 4.69) is 15.6 Å². The first-order valence-corrected chi connectivity index (χ1v) is 8.20. The average Bonchev–Trinajstić information content (AvgIpc) is 3.03. The average molecular weight is 303 g/mol. The topological polar surface area (TPSA) is 71.1 Å². The fraction of sp³-hybridized carbons (Fsp3) is 0.588. The maximum atomic E-state index is 11.7. The van der Waals surface area contributed by atoms with Crippen molar-refractivity contribution in [1.82, 2.24) is 15.6 Å². The highest BCUT2D eigenvalue weighted by atomic mass is 16.2. The van der Waals surface area contributed by atoms with E-state index in [1.807, 2.05) is 18.2 Å². The van der Waals surface area contributed by atoms with Gasteiger partial charge in [-0.3, -0.25) is 14.6 Å². The molecule has 1 fully saturated rings. The van der Waals surface area contributed by atoms with Crippen molar-refractivity contribution in [1.29, 1.82) is 0 Å². The maximum Gasteiger partial charge on any atom is 0.220 e. The minimum absolute atomic E-state index is 0.00413. The summed E-state index contributed by atoms with van der Waals surface area (Å²) in [7, 11) is 0. The number of hydrogen-bond acceptors (Lipinski definition) is 3. The SMILES string of the molecule is O=C(CCC(=O)NC1CCCC1)NCCCc1ccccn1. The van der Waals surface area contributed by atoms with Gasteiger partial charge in [-0.15, -0.1) is 0 Å². The Morgan fingerprint density at radius 2 is 1.91 bits per heavy atom. The van der Waals surface area contributed by atoms with Crippen LogP contribution in [0.2, 0.25) is 0 Å². The number of nitrogens with zero attached hydrogens (tertiary/aromatic N) is 1. The summed E-state index contributed by atoms with van der Waals surface area (Å²) in [6, 6.07) is 6.16. The molecule has 5 nitrogen and oxygen atoms in total. The Morgan fingerprint density at radius 3 is 2.64 bits per heavy atom. The number of amides is 2. The summed E-state index contributed by atoms with van der Waals surface area (Å²) in [4.78, 5) is 27.6. The fourth-order valence-electron chi connectivity index (χ4n) is 2.73. The monoisotopic (exact) mass is 303 g/mol. The minimum Gasteiger partial charge on any atom is -0.356 e. The van der Waals surface area contributed by atoms with Crippen LogP contribution in [0.5, 0.6) is 0 Å². The van der Waals surface area contributed by atoms with Gasteiger partial charge in [0.1, 0.15) is 0 Å². The molecule has 2 N–H and O–H groups in total. The van der Waals surface area contributed by atoms with E-state index in [1.165, 1.54) is 12.8 Å². The van der Waals surface area contributed by atoms with Crippen molar-refractivity contribution in [2.45, 2.75) is 57.4 Å². The molecule has 5 heteroatoms. The lowest BCUT2D eigenvalue weighted by molar-refractivity contribution is -0.126. The molecule has 0 aromatic carbocycles. The van der Waals surface area contributed by atoms with Crippen LogP contribution in [0, 0.1) is 0 Å². The lowest BCUT2D eigenvalue weighted by Gasteiger charge is -2.11. The van der Waals surface area contributed by atoms with Crippen molar-refractivity contribution in [3.05, 3.63) is 30.1 Å². The molecule has 0 radical (unpaired) electrons. The Hall–Kier alpha value is -1.91. The van der Waals surface area contributed by atoms with Crippen LogP contribution >= 0.6 is 0 Å². The molecule has 1 saturated carbocycles. The van der Waals surface area contributed by atoms with Gasteiger partial charge in [0.2, 0.25) is 11.8 Å². The number of pyridine rings is 1. The van der Waals surface area contributed by atoms with Crippen molar-refractivity contribution >= 4 is 11.8 Å². The lowest BCUT2D eigenvalue weighted by Crippen LogP contribution is -2.34. The third kappa shape index (κ3) is 6.24. The van der Waals surface area contributed by atoms with Gasteiger partial charge < -0.3 is 10.6 Å². The molecule has 1 aliphatic rings. The number of carbonyl (C=O) groups is 2. The molecule has 0 atom stereocenters. The van der Waals surface area contributed by atoms with Crippen LogP contribution in [-0.4, -0.2) is 29.4 Å². The Balaban J connectivity index is 1.51. The molecule has 22 heavy (non-hydrogen) atoms. The van der Waals surface area contributed by atoms with Crippen molar-refractivity contribution < 1.29 is 9.59 Å². The van der Waals surface area contributed by atoms with Gasteiger partial charge in [0.25, 0.3) is 0 Å². The molecule has 0 bridgehead atoms. The highest BCUT2D eigenvalue weighted by molar-refractivity contribution is 5.83. The molecule has 2 amide bonds. The van der Waals surface area contributed by atoms with Crippen LogP contribution in [0.25, 0.3) is 0 Å². The Morgan fingerprint density at radius 1 is 1.14 bits per heavy atom. The predicted octanol–water partition coefficient (Wildman–Crippen LogP) is 1.97. The van der Waals surface area contributed by atoms with Gasteiger partial charge in [0.15, 0.2) is 0 Å². The summed E-state index contributed by atoms with van der Waals surface area (Å²) in [6.07, 6.45) is 8.57. The van der Waals surface area contributed by atoms with Gasteiger partial charge in [0.05, 0.1) is 0 Å². The third-order valence-electron chi connectivity index (χ3n) is 3.96. The lowest BCUT2D eigenvalue weighted by atomic mass is 10.2. The minimum atomic E-state index is -0.0532. The summed E-state index contributed by atoms with van der Waals surface area (Å²) >= 11 is 0. The van der Waals surface area contributed by atoms with E-state index >= 15 is 0 Å². The predicted molar refractivity (Wildman–Crippen MR) is 85.2 cm³/mol. The number of hydrogen-bond donors (Lipinski definition) is 2. The molecular weight excluding hydrogens is 278 g/mol. The van der Waals surface area contributed by atoms with Crippen molar-refractivity contribution in [3.8, 4) is 0 Å². The van der Waals surface area contributed by atoms with E-state index in [0.29, 0.717) is 12.6 Å². The van der Waals surface area contributed by atoms with Gasteiger partial charge in [-0.1, -0.05) is 18.9 Å². The Bertz CT molecular complexity index is 470. The number of rotatable bonds is 8. The zero-order chi connectivity index (χ0) is 15.6. The van der Waals surface area contributed by atoms with Crippen LogP contribution in [0.1, 0.15) is 50.6 Å². The zero-order valence-corrected chi connectivity index (χ0v) is 13.0. The smallest absolute Gasteiger partial charge is 0.220 e. The zero-order valence-electron chi connectivity index (χ0n) is 13.0. The van der Waals surface area contributed by atoms with Gasteiger partial charge in [-0.25, -0.2) is 0 Å². The second-order valence-electron chi connectivity index (χ2n) is 5.82. The Labute approximate surface area is 131 Å². The quantitative estimate of drug-likeness (QED) is 0.721. The first-order valence-electron chi connectivity index (χ1n) is 8.20. The van der Waals surface area contributed by atoms with E-state index < -0.39 is 0 Å². The first kappa shape index (κ1) is 16.5. The van der Waals surface area contributed by atoms with E-state index in [1.54, 1.807) is 6.20 Å². The molecule has 1 aliphatic carbocycles. The molecule has 0 saturated heterocycles. The van der Waals surface area contributed by atoms with Crippen LogP contribution < -0.4 is 10.6 Å². The summed E-state index contributed by atoms with van der Waals surface area (Å²) in [6.45, 7) is 0.625. The van der Waals surface area contributed by atoms with E-state index in [-0.39, 0.29) is 24.7 Å². The highest BCUT2D eigenvalue weighted by Gasteiger charge is 2.17. The number of aromatic nitrogens is 1. The highest BCUT2D eigenvalue weighted by Crippen LogP contribution is 2.17.